The van der Waals surface area contributed by atoms with Gasteiger partial charge in [-0.2, -0.15) is 0 Å². The van der Waals surface area contributed by atoms with Crippen molar-refractivity contribution >= 4 is 11.4 Å². The van der Waals surface area contributed by atoms with Gasteiger partial charge in [-0.3, -0.25) is 0 Å². The Morgan fingerprint density at radius 3 is 2.53 bits per heavy atom. The first-order valence-corrected chi connectivity index (χ1v) is 6.08. The topological polar surface area (TPSA) is 25.6 Å². The van der Waals surface area contributed by atoms with Crippen LogP contribution in [0.15, 0.2) is 42.5 Å². The third-order valence-electron chi connectivity index (χ3n) is 2.92. The van der Waals surface area contributed by atoms with Crippen LogP contribution in [0.25, 0.3) is 4.85 Å². The van der Waals surface area contributed by atoms with E-state index < -0.39 is 0 Å². The molecule has 2 aromatic rings. The van der Waals surface area contributed by atoms with Gasteiger partial charge in [0.2, 0.25) is 5.69 Å². The molecule has 0 heterocycles. The summed E-state index contributed by atoms with van der Waals surface area (Å²) < 4.78 is 5.12. The molecule has 0 aliphatic heterocycles. The standard InChI is InChI=1S/C16H16N2O/c1-12-4-9-15(16(10-12)17-2)18-11-13-5-7-14(19-3)8-6-13/h4-10,18H,11H2,1,3H3. The van der Waals surface area contributed by atoms with E-state index in [1.54, 1.807) is 7.11 Å². The molecule has 0 unspecified atom stereocenters. The summed E-state index contributed by atoms with van der Waals surface area (Å²) in [5.41, 5.74) is 3.78. The van der Waals surface area contributed by atoms with Crippen LogP contribution in [0.4, 0.5) is 11.4 Å². The van der Waals surface area contributed by atoms with Gasteiger partial charge in [-0.05, 0) is 30.7 Å². The highest BCUT2D eigenvalue weighted by molar-refractivity contribution is 5.70. The monoisotopic (exact) mass is 252 g/mol. The fourth-order valence-electron chi connectivity index (χ4n) is 1.82. The smallest absolute Gasteiger partial charge is 0.209 e. The van der Waals surface area contributed by atoms with E-state index in [-0.39, 0.29) is 0 Å². The third kappa shape index (κ3) is 3.26. The van der Waals surface area contributed by atoms with Crippen molar-refractivity contribution in [1.82, 2.24) is 0 Å². The summed E-state index contributed by atoms with van der Waals surface area (Å²) in [7, 11) is 1.65. The second-order valence-corrected chi connectivity index (χ2v) is 4.33. The lowest BCUT2D eigenvalue weighted by Crippen LogP contribution is -1.99. The van der Waals surface area contributed by atoms with Crippen molar-refractivity contribution in [3.63, 3.8) is 0 Å². The maximum atomic E-state index is 7.19. The van der Waals surface area contributed by atoms with Gasteiger partial charge in [-0.15, -0.1) is 0 Å². The van der Waals surface area contributed by atoms with Crippen molar-refractivity contribution < 1.29 is 4.74 Å². The highest BCUT2D eigenvalue weighted by Crippen LogP contribution is 2.26. The maximum Gasteiger partial charge on any atom is 0.209 e. The maximum absolute atomic E-state index is 7.19. The molecule has 0 spiro atoms. The van der Waals surface area contributed by atoms with Crippen molar-refractivity contribution in [1.29, 1.82) is 0 Å². The number of nitrogens with zero attached hydrogens (tertiary/aromatic N) is 1. The minimum absolute atomic E-state index is 0.661. The molecule has 3 nitrogen and oxygen atoms in total. The fraction of sp³-hybridized carbons (Fsp3) is 0.188. The molecule has 0 saturated carbocycles. The first-order valence-electron chi connectivity index (χ1n) is 6.08. The van der Waals surface area contributed by atoms with Crippen molar-refractivity contribution in [3.05, 3.63) is 65.0 Å². The molecule has 0 atom stereocenters. The summed E-state index contributed by atoms with van der Waals surface area (Å²) in [6.45, 7) is 9.86. The van der Waals surface area contributed by atoms with E-state index in [0.29, 0.717) is 12.2 Å². The first-order chi connectivity index (χ1) is 9.22. The van der Waals surface area contributed by atoms with Crippen LogP contribution in [0, 0.1) is 13.5 Å². The largest absolute Gasteiger partial charge is 0.497 e. The second-order valence-electron chi connectivity index (χ2n) is 4.33. The molecule has 0 amide bonds. The van der Waals surface area contributed by atoms with Gasteiger partial charge in [-0.1, -0.05) is 29.8 Å². The Kier molecular flexibility index (Phi) is 4.04. The molecule has 2 rings (SSSR count). The molecular formula is C16H16N2O. The van der Waals surface area contributed by atoms with Crippen LogP contribution < -0.4 is 10.1 Å². The van der Waals surface area contributed by atoms with E-state index in [1.165, 1.54) is 0 Å². The Balaban J connectivity index is 2.08. The zero-order valence-electron chi connectivity index (χ0n) is 11.1. The van der Waals surface area contributed by atoms with Crippen LogP contribution in [0.5, 0.6) is 5.75 Å². The number of anilines is 1. The van der Waals surface area contributed by atoms with Crippen molar-refractivity contribution in [2.45, 2.75) is 13.5 Å². The third-order valence-corrected chi connectivity index (χ3v) is 2.92. The summed E-state index contributed by atoms with van der Waals surface area (Å²) in [5.74, 6) is 0.848. The molecule has 2 aromatic carbocycles. The van der Waals surface area contributed by atoms with E-state index >= 15 is 0 Å². The van der Waals surface area contributed by atoms with Crippen LogP contribution in [-0.2, 0) is 6.54 Å². The van der Waals surface area contributed by atoms with Crippen molar-refractivity contribution in [2.24, 2.45) is 0 Å². The van der Waals surface area contributed by atoms with Gasteiger partial charge in [0, 0.05) is 12.2 Å². The molecule has 19 heavy (non-hydrogen) atoms. The van der Waals surface area contributed by atoms with Gasteiger partial charge in [0.25, 0.3) is 0 Å². The second kappa shape index (κ2) is 5.92. The number of aryl methyl sites for hydroxylation is 1. The molecule has 0 fully saturated rings. The molecule has 0 aliphatic rings. The Hall–Kier alpha value is -2.47. The van der Waals surface area contributed by atoms with Crippen molar-refractivity contribution in [3.8, 4) is 5.75 Å². The van der Waals surface area contributed by atoms with E-state index in [2.05, 4.69) is 10.2 Å². The zero-order chi connectivity index (χ0) is 13.7. The van der Waals surface area contributed by atoms with Gasteiger partial charge in [-0.25, -0.2) is 4.85 Å². The normalized spacial score (nSPS) is 9.74. The molecule has 96 valence electrons. The first kappa shape index (κ1) is 13.0. The summed E-state index contributed by atoms with van der Waals surface area (Å²) in [6.07, 6.45) is 0. The highest BCUT2D eigenvalue weighted by Gasteiger charge is 2.02. The lowest BCUT2D eigenvalue weighted by Gasteiger charge is -2.09. The molecular weight excluding hydrogens is 236 g/mol. The summed E-state index contributed by atoms with van der Waals surface area (Å²) in [4.78, 5) is 3.54. The predicted molar refractivity (Wildman–Crippen MR) is 77.8 cm³/mol. The van der Waals surface area contributed by atoms with Crippen LogP contribution in [0.3, 0.4) is 0 Å². The average molecular weight is 252 g/mol. The van der Waals surface area contributed by atoms with Gasteiger partial charge in [0.15, 0.2) is 0 Å². The Labute approximate surface area is 113 Å². The molecule has 3 heteroatoms. The van der Waals surface area contributed by atoms with Gasteiger partial charge < -0.3 is 10.1 Å². The number of ether oxygens (including phenoxy) is 1. The number of methoxy groups -OCH3 is 1. The number of hydrogen-bond donors (Lipinski definition) is 1. The van der Waals surface area contributed by atoms with E-state index in [4.69, 9.17) is 11.3 Å². The molecule has 0 aromatic heterocycles. The van der Waals surface area contributed by atoms with E-state index in [1.807, 2.05) is 49.4 Å². The quantitative estimate of drug-likeness (QED) is 0.826. The summed E-state index contributed by atoms with van der Waals surface area (Å²) in [5, 5.41) is 3.29. The lowest BCUT2D eigenvalue weighted by atomic mass is 10.1. The molecule has 1 N–H and O–H groups in total. The Morgan fingerprint density at radius 1 is 1.16 bits per heavy atom. The molecule has 0 radical (unpaired) electrons. The van der Waals surface area contributed by atoms with Crippen LogP contribution in [0.1, 0.15) is 11.1 Å². The van der Waals surface area contributed by atoms with Gasteiger partial charge in [0.1, 0.15) is 5.75 Å². The number of benzene rings is 2. The lowest BCUT2D eigenvalue weighted by molar-refractivity contribution is 0.414. The van der Waals surface area contributed by atoms with E-state index in [0.717, 1.165) is 22.6 Å². The SMILES string of the molecule is [C-]#[N+]c1cc(C)ccc1NCc1ccc(OC)cc1. The number of hydrogen-bond acceptors (Lipinski definition) is 2. The minimum Gasteiger partial charge on any atom is -0.497 e. The molecule has 0 bridgehead atoms. The van der Waals surface area contributed by atoms with Crippen LogP contribution in [0.2, 0.25) is 0 Å². The van der Waals surface area contributed by atoms with Crippen LogP contribution >= 0.6 is 0 Å². The summed E-state index contributed by atoms with van der Waals surface area (Å²) in [6, 6.07) is 13.7. The Bertz CT molecular complexity index is 597. The minimum atomic E-state index is 0.661. The highest BCUT2D eigenvalue weighted by atomic mass is 16.5. The molecule has 0 saturated heterocycles. The van der Waals surface area contributed by atoms with Crippen molar-refractivity contribution in [2.75, 3.05) is 12.4 Å². The predicted octanol–water partition coefficient (Wildman–Crippen LogP) is 4.17. The zero-order valence-corrected chi connectivity index (χ0v) is 11.1. The Morgan fingerprint density at radius 2 is 1.89 bits per heavy atom. The van der Waals surface area contributed by atoms with Crippen LogP contribution in [-0.4, -0.2) is 7.11 Å². The number of rotatable bonds is 4. The molecule has 0 aliphatic carbocycles. The fourth-order valence-corrected chi connectivity index (χ4v) is 1.82. The number of nitrogens with one attached hydrogen (secondary N) is 1. The van der Waals surface area contributed by atoms with E-state index in [9.17, 15) is 0 Å². The summed E-state index contributed by atoms with van der Waals surface area (Å²) >= 11 is 0. The average Bonchev–Trinajstić information content (AvgIpc) is 2.46. The van der Waals surface area contributed by atoms with Gasteiger partial charge in [0.05, 0.1) is 13.7 Å². The van der Waals surface area contributed by atoms with Gasteiger partial charge >= 0.3 is 0 Å².